The summed E-state index contributed by atoms with van der Waals surface area (Å²) in [6.45, 7) is 3.34. The minimum atomic E-state index is -1.10. The fourth-order valence-electron chi connectivity index (χ4n) is 2.15. The largest absolute Gasteiger partial charge is 0.478 e. The first-order valence-corrected chi connectivity index (χ1v) is 8.61. The molecule has 2 aromatic carbocycles. The summed E-state index contributed by atoms with van der Waals surface area (Å²) in [6, 6.07) is 16.2. The zero-order valence-corrected chi connectivity index (χ0v) is 15.6. The monoisotopic (exact) mass is 383 g/mol. The average Bonchev–Trinajstić information content (AvgIpc) is 2.66. The summed E-state index contributed by atoms with van der Waals surface area (Å²) in [7, 11) is 0. The van der Waals surface area contributed by atoms with Gasteiger partial charge in [0.1, 0.15) is 11.5 Å². The molecule has 3 rings (SSSR count). The highest BCUT2D eigenvalue weighted by Crippen LogP contribution is 2.22. The second-order valence-electron chi connectivity index (χ2n) is 6.19. The molecule has 0 aliphatic heterocycles. The average molecular weight is 384 g/mol. The van der Waals surface area contributed by atoms with E-state index in [4.69, 9.17) is 21.1 Å². The van der Waals surface area contributed by atoms with Gasteiger partial charge >= 0.3 is 6.01 Å². The van der Waals surface area contributed by atoms with Gasteiger partial charge in [-0.25, -0.2) is 9.97 Å². The van der Waals surface area contributed by atoms with Crippen LogP contribution in [0.3, 0.4) is 0 Å². The number of aromatic nitrogens is 2. The van der Waals surface area contributed by atoms with E-state index in [1.165, 1.54) is 12.4 Å². The van der Waals surface area contributed by atoms with E-state index in [1.807, 2.05) is 18.2 Å². The van der Waals surface area contributed by atoms with E-state index in [0.717, 1.165) is 0 Å². The second kappa shape index (κ2) is 8.05. The molecule has 1 heterocycles. The smallest absolute Gasteiger partial charge is 0.322 e. The number of halogens is 1. The van der Waals surface area contributed by atoms with E-state index >= 15 is 0 Å². The maximum absolute atomic E-state index is 12.5. The third-order valence-electron chi connectivity index (χ3n) is 3.57. The van der Waals surface area contributed by atoms with Gasteiger partial charge in [-0.05, 0) is 50.2 Å². The predicted octanol–water partition coefficient (Wildman–Crippen LogP) is 4.72. The zero-order valence-electron chi connectivity index (χ0n) is 14.8. The Morgan fingerprint density at radius 1 is 0.963 bits per heavy atom. The molecule has 27 heavy (non-hydrogen) atoms. The molecule has 1 amide bonds. The molecule has 0 radical (unpaired) electrons. The van der Waals surface area contributed by atoms with Crippen LogP contribution in [-0.2, 0) is 4.79 Å². The minimum absolute atomic E-state index is 0.191. The SMILES string of the molecule is CC(C)(Oc1ccc(Cl)cc1)C(=O)Nc1cnc(Oc2ccccc2)nc1. The van der Waals surface area contributed by atoms with Gasteiger partial charge in [0.15, 0.2) is 5.60 Å². The van der Waals surface area contributed by atoms with Crippen molar-refractivity contribution in [1.82, 2.24) is 9.97 Å². The lowest BCUT2D eigenvalue weighted by molar-refractivity contribution is -0.128. The van der Waals surface area contributed by atoms with Crippen molar-refractivity contribution in [3.8, 4) is 17.5 Å². The fourth-order valence-corrected chi connectivity index (χ4v) is 2.28. The standard InChI is InChI=1S/C20H18ClN3O3/c1-20(2,27-17-10-8-14(21)9-11-17)18(25)24-15-12-22-19(23-13-15)26-16-6-4-3-5-7-16/h3-13H,1-2H3,(H,24,25). The summed E-state index contributed by atoms with van der Waals surface area (Å²) in [5.41, 5.74) is -0.666. The van der Waals surface area contributed by atoms with E-state index in [-0.39, 0.29) is 11.9 Å². The van der Waals surface area contributed by atoms with E-state index in [0.29, 0.717) is 22.2 Å². The summed E-state index contributed by atoms with van der Waals surface area (Å²) in [6.07, 6.45) is 2.95. The summed E-state index contributed by atoms with van der Waals surface area (Å²) in [5, 5.41) is 3.33. The van der Waals surface area contributed by atoms with Crippen molar-refractivity contribution in [3.05, 3.63) is 72.0 Å². The van der Waals surface area contributed by atoms with Gasteiger partial charge in [-0.2, -0.15) is 0 Å². The van der Waals surface area contributed by atoms with Crippen LogP contribution in [0.4, 0.5) is 5.69 Å². The van der Waals surface area contributed by atoms with Gasteiger partial charge in [-0.1, -0.05) is 29.8 Å². The second-order valence-corrected chi connectivity index (χ2v) is 6.63. The maximum atomic E-state index is 12.5. The van der Waals surface area contributed by atoms with Gasteiger partial charge in [-0.3, -0.25) is 4.79 Å². The number of para-hydroxylation sites is 1. The van der Waals surface area contributed by atoms with Crippen LogP contribution < -0.4 is 14.8 Å². The molecule has 138 valence electrons. The Morgan fingerprint density at radius 2 is 1.59 bits per heavy atom. The summed E-state index contributed by atoms with van der Waals surface area (Å²) in [5.74, 6) is 0.840. The number of hydrogen-bond acceptors (Lipinski definition) is 5. The van der Waals surface area contributed by atoms with E-state index in [1.54, 1.807) is 50.2 Å². The number of anilines is 1. The van der Waals surface area contributed by atoms with Gasteiger partial charge in [0, 0.05) is 5.02 Å². The summed E-state index contributed by atoms with van der Waals surface area (Å²) in [4.78, 5) is 20.7. The maximum Gasteiger partial charge on any atom is 0.322 e. The lowest BCUT2D eigenvalue weighted by Crippen LogP contribution is -2.42. The lowest BCUT2D eigenvalue weighted by atomic mass is 10.1. The number of carbonyl (C=O) groups is 1. The van der Waals surface area contributed by atoms with E-state index < -0.39 is 5.60 Å². The first-order chi connectivity index (χ1) is 12.9. The first-order valence-electron chi connectivity index (χ1n) is 8.23. The van der Waals surface area contributed by atoms with Crippen molar-refractivity contribution in [1.29, 1.82) is 0 Å². The molecule has 1 aromatic heterocycles. The van der Waals surface area contributed by atoms with Crippen LogP contribution in [0.1, 0.15) is 13.8 Å². The summed E-state index contributed by atoms with van der Waals surface area (Å²) < 4.78 is 11.3. The third kappa shape index (κ3) is 5.18. The molecular weight excluding hydrogens is 366 g/mol. The van der Waals surface area contributed by atoms with Gasteiger partial charge in [0.25, 0.3) is 5.91 Å². The van der Waals surface area contributed by atoms with Crippen molar-refractivity contribution in [2.24, 2.45) is 0 Å². The molecular formula is C20H18ClN3O3. The van der Waals surface area contributed by atoms with Crippen LogP contribution in [0.2, 0.25) is 5.02 Å². The Morgan fingerprint density at radius 3 is 2.22 bits per heavy atom. The van der Waals surface area contributed by atoms with Crippen molar-refractivity contribution in [2.75, 3.05) is 5.32 Å². The molecule has 0 saturated carbocycles. The van der Waals surface area contributed by atoms with Crippen LogP contribution >= 0.6 is 11.6 Å². The number of hydrogen-bond donors (Lipinski definition) is 1. The molecule has 0 fully saturated rings. The van der Waals surface area contributed by atoms with Crippen molar-refractivity contribution in [3.63, 3.8) is 0 Å². The molecule has 0 aliphatic carbocycles. The highest BCUT2D eigenvalue weighted by Gasteiger charge is 2.30. The number of benzene rings is 2. The Balaban J connectivity index is 1.61. The highest BCUT2D eigenvalue weighted by atomic mass is 35.5. The molecule has 0 spiro atoms. The van der Waals surface area contributed by atoms with Gasteiger partial charge in [0.05, 0.1) is 18.1 Å². The van der Waals surface area contributed by atoms with Gasteiger partial charge in [0.2, 0.25) is 0 Å². The normalized spacial score (nSPS) is 10.9. The fraction of sp³-hybridized carbons (Fsp3) is 0.150. The molecule has 7 heteroatoms. The number of ether oxygens (including phenoxy) is 2. The van der Waals surface area contributed by atoms with Crippen LogP contribution in [0, 0.1) is 0 Å². The molecule has 0 aliphatic rings. The summed E-state index contributed by atoms with van der Waals surface area (Å²) >= 11 is 5.86. The number of rotatable bonds is 6. The lowest BCUT2D eigenvalue weighted by Gasteiger charge is -2.25. The molecule has 0 bridgehead atoms. The van der Waals surface area contributed by atoms with E-state index in [9.17, 15) is 4.79 Å². The van der Waals surface area contributed by atoms with Crippen LogP contribution in [0.25, 0.3) is 0 Å². The van der Waals surface area contributed by atoms with Crippen LogP contribution in [-0.4, -0.2) is 21.5 Å². The van der Waals surface area contributed by atoms with Gasteiger partial charge < -0.3 is 14.8 Å². The number of amides is 1. The Bertz CT molecular complexity index is 898. The van der Waals surface area contributed by atoms with Crippen molar-refractivity contribution < 1.29 is 14.3 Å². The van der Waals surface area contributed by atoms with Crippen LogP contribution in [0.5, 0.6) is 17.5 Å². The Kier molecular flexibility index (Phi) is 5.57. The third-order valence-corrected chi connectivity index (χ3v) is 3.82. The topological polar surface area (TPSA) is 73.3 Å². The number of carbonyl (C=O) groups excluding carboxylic acids is 1. The number of nitrogens with zero attached hydrogens (tertiary/aromatic N) is 2. The molecule has 0 atom stereocenters. The Hall–Kier alpha value is -3.12. The first kappa shape index (κ1) is 18.7. The number of nitrogens with one attached hydrogen (secondary N) is 1. The molecule has 3 aromatic rings. The predicted molar refractivity (Wildman–Crippen MR) is 103 cm³/mol. The molecule has 0 saturated heterocycles. The van der Waals surface area contributed by atoms with Crippen molar-refractivity contribution in [2.45, 2.75) is 19.4 Å². The van der Waals surface area contributed by atoms with Gasteiger partial charge in [-0.15, -0.1) is 0 Å². The molecule has 1 N–H and O–H groups in total. The minimum Gasteiger partial charge on any atom is -0.478 e. The quantitative estimate of drug-likeness (QED) is 0.666. The van der Waals surface area contributed by atoms with Crippen LogP contribution in [0.15, 0.2) is 67.0 Å². The van der Waals surface area contributed by atoms with E-state index in [2.05, 4.69) is 15.3 Å². The molecule has 0 unspecified atom stereocenters. The highest BCUT2D eigenvalue weighted by molar-refractivity contribution is 6.30. The van der Waals surface area contributed by atoms with Crippen molar-refractivity contribution >= 4 is 23.2 Å². The molecule has 6 nitrogen and oxygen atoms in total. The Labute approximate surface area is 162 Å². The zero-order chi connectivity index (χ0) is 19.3.